The quantitative estimate of drug-likeness (QED) is 0.331. The van der Waals surface area contributed by atoms with Crippen LogP contribution < -0.4 is 14.8 Å². The van der Waals surface area contributed by atoms with Gasteiger partial charge in [0.1, 0.15) is 6.61 Å². The van der Waals surface area contributed by atoms with E-state index in [0.29, 0.717) is 28.2 Å². The molecule has 29 heavy (non-hydrogen) atoms. The molecule has 2 aromatic rings. The van der Waals surface area contributed by atoms with Gasteiger partial charge in [0, 0.05) is 28.8 Å². The van der Waals surface area contributed by atoms with Gasteiger partial charge in [-0.3, -0.25) is 0 Å². The van der Waals surface area contributed by atoms with Gasteiger partial charge in [-0.2, -0.15) is 0 Å². The van der Waals surface area contributed by atoms with Crippen molar-refractivity contribution in [2.75, 3.05) is 20.3 Å². The van der Waals surface area contributed by atoms with Gasteiger partial charge < -0.3 is 19.5 Å². The van der Waals surface area contributed by atoms with E-state index in [-0.39, 0.29) is 18.5 Å². The zero-order chi connectivity index (χ0) is 20.5. The number of rotatable bonds is 11. The third-order valence-corrected chi connectivity index (χ3v) is 5.13. The van der Waals surface area contributed by atoms with Crippen molar-refractivity contribution in [3.8, 4) is 11.5 Å². The van der Waals surface area contributed by atoms with Crippen molar-refractivity contribution in [1.29, 1.82) is 0 Å². The normalized spacial score (nSPS) is 10.7. The number of ether oxygens (including phenoxy) is 3. The van der Waals surface area contributed by atoms with Crippen molar-refractivity contribution in [2.45, 2.75) is 39.5 Å². The van der Waals surface area contributed by atoms with Crippen molar-refractivity contribution < 1.29 is 14.2 Å². The number of methoxy groups -OCH3 is 1. The highest BCUT2D eigenvalue weighted by molar-refractivity contribution is 9.10. The highest BCUT2D eigenvalue weighted by Gasteiger charge is 2.13. The first-order valence-corrected chi connectivity index (χ1v) is 10.7. The molecule has 0 saturated carbocycles. The van der Waals surface area contributed by atoms with E-state index in [1.54, 1.807) is 19.2 Å². The van der Waals surface area contributed by atoms with Gasteiger partial charge in [0.15, 0.2) is 11.5 Å². The topological polar surface area (TPSA) is 39.7 Å². The zero-order valence-electron chi connectivity index (χ0n) is 16.8. The van der Waals surface area contributed by atoms with Gasteiger partial charge in [0.05, 0.1) is 17.7 Å². The molecule has 0 amide bonds. The SMILES string of the molecule is COc1cc(CNCCCOC(C)C)cc(Br)c1OCc1ccc(Cl)cc1Cl.Cl. The Balaban J connectivity index is 0.00000420. The summed E-state index contributed by atoms with van der Waals surface area (Å²) in [6.07, 6.45) is 1.25. The summed E-state index contributed by atoms with van der Waals surface area (Å²) in [5.41, 5.74) is 1.96. The van der Waals surface area contributed by atoms with Crippen molar-refractivity contribution in [2.24, 2.45) is 0 Å². The minimum absolute atomic E-state index is 0. The Hall–Kier alpha value is -0.690. The maximum atomic E-state index is 6.22. The molecule has 0 saturated heterocycles. The second-order valence-electron chi connectivity index (χ2n) is 6.58. The first-order valence-electron chi connectivity index (χ1n) is 9.16. The van der Waals surface area contributed by atoms with E-state index in [1.807, 2.05) is 32.0 Å². The van der Waals surface area contributed by atoms with Crippen LogP contribution in [-0.2, 0) is 17.9 Å². The fraction of sp³-hybridized carbons (Fsp3) is 0.429. The van der Waals surface area contributed by atoms with Crippen LogP contribution in [0.3, 0.4) is 0 Å². The van der Waals surface area contributed by atoms with Crippen molar-refractivity contribution >= 4 is 51.5 Å². The molecule has 0 spiro atoms. The van der Waals surface area contributed by atoms with E-state index in [4.69, 9.17) is 37.4 Å². The average molecular weight is 528 g/mol. The molecule has 162 valence electrons. The summed E-state index contributed by atoms with van der Waals surface area (Å²) >= 11 is 15.7. The summed E-state index contributed by atoms with van der Waals surface area (Å²) < 4.78 is 17.9. The summed E-state index contributed by atoms with van der Waals surface area (Å²) in [4.78, 5) is 0. The Morgan fingerprint density at radius 2 is 1.90 bits per heavy atom. The minimum atomic E-state index is 0. The van der Waals surface area contributed by atoms with E-state index in [9.17, 15) is 0 Å². The lowest BCUT2D eigenvalue weighted by molar-refractivity contribution is 0.0770. The number of nitrogens with one attached hydrogen (secondary N) is 1. The summed E-state index contributed by atoms with van der Waals surface area (Å²) in [7, 11) is 1.63. The maximum Gasteiger partial charge on any atom is 0.175 e. The van der Waals surface area contributed by atoms with Crippen LogP contribution in [0.5, 0.6) is 11.5 Å². The third kappa shape index (κ3) is 8.91. The lowest BCUT2D eigenvalue weighted by Crippen LogP contribution is -2.17. The number of benzene rings is 2. The Labute approximate surface area is 197 Å². The fourth-order valence-corrected chi connectivity index (χ4v) is 3.62. The molecular formula is C21H27BrCl3NO3. The summed E-state index contributed by atoms with van der Waals surface area (Å²) in [5.74, 6) is 1.31. The molecule has 2 rings (SSSR count). The molecule has 4 nitrogen and oxygen atoms in total. The molecule has 8 heteroatoms. The Morgan fingerprint density at radius 3 is 2.55 bits per heavy atom. The van der Waals surface area contributed by atoms with Gasteiger partial charge in [-0.1, -0.05) is 29.3 Å². The highest BCUT2D eigenvalue weighted by atomic mass is 79.9. The van der Waals surface area contributed by atoms with Crippen LogP contribution in [0.25, 0.3) is 0 Å². The smallest absolute Gasteiger partial charge is 0.175 e. The molecule has 0 radical (unpaired) electrons. The van der Waals surface area contributed by atoms with E-state index in [0.717, 1.165) is 41.7 Å². The third-order valence-electron chi connectivity index (χ3n) is 3.95. The van der Waals surface area contributed by atoms with Crippen LogP contribution in [0.4, 0.5) is 0 Å². The summed E-state index contributed by atoms with van der Waals surface area (Å²) in [5, 5.41) is 4.59. The zero-order valence-corrected chi connectivity index (χ0v) is 20.7. The molecule has 0 aliphatic carbocycles. The van der Waals surface area contributed by atoms with Gasteiger partial charge >= 0.3 is 0 Å². The predicted molar refractivity (Wildman–Crippen MR) is 126 cm³/mol. The lowest BCUT2D eigenvalue weighted by Gasteiger charge is -2.15. The van der Waals surface area contributed by atoms with E-state index in [1.165, 1.54) is 0 Å². The molecular weight excluding hydrogens is 500 g/mol. The minimum Gasteiger partial charge on any atom is -0.493 e. The molecule has 2 aromatic carbocycles. The summed E-state index contributed by atoms with van der Waals surface area (Å²) in [6, 6.07) is 9.35. The van der Waals surface area contributed by atoms with E-state index < -0.39 is 0 Å². The van der Waals surface area contributed by atoms with Gasteiger partial charge in [0.25, 0.3) is 0 Å². The number of halogens is 4. The first kappa shape index (κ1) is 26.3. The molecule has 0 aromatic heterocycles. The van der Waals surface area contributed by atoms with E-state index >= 15 is 0 Å². The van der Waals surface area contributed by atoms with Gasteiger partial charge in [-0.15, -0.1) is 12.4 Å². The standard InChI is InChI=1S/C21H26BrCl2NO3.ClH/c1-14(2)27-8-4-7-25-12-15-9-18(22)21(20(10-15)26-3)28-13-16-5-6-17(23)11-19(16)24;/h5-6,9-11,14,25H,4,7-8,12-13H2,1-3H3;1H. The molecule has 1 N–H and O–H groups in total. The first-order chi connectivity index (χ1) is 13.4. The van der Waals surface area contributed by atoms with Gasteiger partial charge in [-0.05, 0) is 72.6 Å². The van der Waals surface area contributed by atoms with Crippen LogP contribution in [0.1, 0.15) is 31.4 Å². The monoisotopic (exact) mass is 525 g/mol. The Morgan fingerprint density at radius 1 is 1.14 bits per heavy atom. The summed E-state index contributed by atoms with van der Waals surface area (Å²) in [6.45, 7) is 6.79. The van der Waals surface area contributed by atoms with Gasteiger partial charge in [-0.25, -0.2) is 0 Å². The average Bonchev–Trinajstić information content (AvgIpc) is 2.64. The van der Waals surface area contributed by atoms with Crippen LogP contribution in [-0.4, -0.2) is 26.4 Å². The van der Waals surface area contributed by atoms with Crippen LogP contribution >= 0.6 is 51.5 Å². The fourth-order valence-electron chi connectivity index (χ4n) is 2.55. The van der Waals surface area contributed by atoms with Crippen LogP contribution in [0.15, 0.2) is 34.8 Å². The second-order valence-corrected chi connectivity index (χ2v) is 8.28. The number of hydrogen-bond donors (Lipinski definition) is 1. The molecule has 0 aliphatic rings. The van der Waals surface area contributed by atoms with Crippen LogP contribution in [0, 0.1) is 0 Å². The molecule has 0 heterocycles. The molecule has 0 unspecified atom stereocenters. The second kappa shape index (κ2) is 13.6. The predicted octanol–water partition coefficient (Wildman–Crippen LogP) is 6.67. The molecule has 0 fully saturated rings. The molecule has 0 bridgehead atoms. The maximum absolute atomic E-state index is 6.22. The largest absolute Gasteiger partial charge is 0.493 e. The molecule has 0 atom stereocenters. The Bertz CT molecular complexity index is 775. The van der Waals surface area contributed by atoms with Crippen molar-refractivity contribution in [3.63, 3.8) is 0 Å². The number of hydrogen-bond acceptors (Lipinski definition) is 4. The lowest BCUT2D eigenvalue weighted by atomic mass is 10.2. The van der Waals surface area contributed by atoms with E-state index in [2.05, 4.69) is 21.2 Å². The van der Waals surface area contributed by atoms with Crippen molar-refractivity contribution in [1.82, 2.24) is 5.32 Å². The van der Waals surface area contributed by atoms with Gasteiger partial charge in [0.2, 0.25) is 0 Å². The van der Waals surface area contributed by atoms with Crippen LogP contribution in [0.2, 0.25) is 10.0 Å². The highest BCUT2D eigenvalue weighted by Crippen LogP contribution is 2.37. The van der Waals surface area contributed by atoms with Crippen molar-refractivity contribution in [3.05, 3.63) is 56.0 Å². The molecule has 0 aliphatic heterocycles. The Kier molecular flexibility index (Phi) is 12.3.